The topological polar surface area (TPSA) is 93.7 Å². The molecule has 1 N–H and O–H groups in total. The minimum Gasteiger partial charge on any atom is -0.493 e. The molecule has 0 spiro atoms. The first-order valence-corrected chi connectivity index (χ1v) is 9.89. The molecule has 1 aromatic carbocycles. The van der Waals surface area contributed by atoms with Crippen LogP contribution in [-0.2, 0) is 10.0 Å². The van der Waals surface area contributed by atoms with Gasteiger partial charge in [-0.3, -0.25) is 0 Å². The number of ether oxygens (including phenoxy) is 2. The van der Waals surface area contributed by atoms with Crippen LogP contribution < -0.4 is 19.1 Å². The van der Waals surface area contributed by atoms with Crippen molar-refractivity contribution in [2.24, 2.45) is 0 Å². The molecule has 1 aliphatic rings. The van der Waals surface area contributed by atoms with E-state index in [2.05, 4.69) is 19.6 Å². The van der Waals surface area contributed by atoms with Gasteiger partial charge >= 0.3 is 0 Å². The predicted molar refractivity (Wildman–Crippen MR) is 95.9 cm³/mol. The number of sulfonamides is 1. The molecule has 0 bridgehead atoms. The van der Waals surface area contributed by atoms with Crippen molar-refractivity contribution in [3.05, 3.63) is 18.5 Å². The van der Waals surface area contributed by atoms with Crippen molar-refractivity contribution in [2.75, 3.05) is 38.5 Å². The second-order valence-corrected chi connectivity index (χ2v) is 7.88. The number of methoxy groups -OCH3 is 2. The molecule has 1 aromatic heterocycles. The van der Waals surface area contributed by atoms with Crippen molar-refractivity contribution < 1.29 is 17.9 Å². The average molecular weight is 366 g/mol. The lowest BCUT2D eigenvalue weighted by atomic mass is 10.1. The number of anilines is 1. The summed E-state index contributed by atoms with van der Waals surface area (Å²) in [6.07, 6.45) is 4.38. The number of fused-ring (bicyclic) bond motifs is 1. The second-order valence-electron chi connectivity index (χ2n) is 6.10. The number of nitrogens with one attached hydrogen (secondary N) is 1. The molecule has 136 valence electrons. The minimum absolute atomic E-state index is 0.131. The monoisotopic (exact) mass is 366 g/mol. The van der Waals surface area contributed by atoms with Crippen LogP contribution in [0.3, 0.4) is 0 Å². The van der Waals surface area contributed by atoms with Gasteiger partial charge in [-0.2, -0.15) is 0 Å². The fraction of sp³-hybridized carbons (Fsp3) is 0.500. The van der Waals surface area contributed by atoms with Crippen LogP contribution in [0.15, 0.2) is 18.5 Å². The molecule has 0 aliphatic carbocycles. The molecule has 25 heavy (non-hydrogen) atoms. The third-order valence-corrected chi connectivity index (χ3v) is 4.98. The molecule has 1 saturated heterocycles. The summed E-state index contributed by atoms with van der Waals surface area (Å²) >= 11 is 0. The van der Waals surface area contributed by atoms with Gasteiger partial charge in [0.15, 0.2) is 11.5 Å². The summed E-state index contributed by atoms with van der Waals surface area (Å²) in [5, 5.41) is 0.847. The average Bonchev–Trinajstić information content (AvgIpc) is 2.58. The molecule has 1 aliphatic heterocycles. The van der Waals surface area contributed by atoms with E-state index in [0.29, 0.717) is 18.0 Å². The van der Waals surface area contributed by atoms with Crippen molar-refractivity contribution >= 4 is 26.7 Å². The number of hydrogen-bond donors (Lipinski definition) is 1. The van der Waals surface area contributed by atoms with Gasteiger partial charge in [-0.1, -0.05) is 0 Å². The Kier molecular flexibility index (Phi) is 4.96. The number of piperidine rings is 1. The Balaban J connectivity index is 1.97. The Morgan fingerprint density at radius 1 is 1.20 bits per heavy atom. The molecule has 0 radical (unpaired) electrons. The van der Waals surface area contributed by atoms with Crippen LogP contribution in [0.2, 0.25) is 0 Å². The van der Waals surface area contributed by atoms with Gasteiger partial charge in [0.1, 0.15) is 12.1 Å². The highest BCUT2D eigenvalue weighted by molar-refractivity contribution is 7.88. The summed E-state index contributed by atoms with van der Waals surface area (Å²) in [7, 11) is -0.0728. The van der Waals surface area contributed by atoms with E-state index in [1.807, 2.05) is 12.1 Å². The largest absolute Gasteiger partial charge is 0.493 e. The Bertz CT molecular complexity index is 872. The van der Waals surface area contributed by atoms with Gasteiger partial charge in [0.25, 0.3) is 0 Å². The van der Waals surface area contributed by atoms with Crippen molar-refractivity contribution in [3.63, 3.8) is 0 Å². The van der Waals surface area contributed by atoms with Crippen LogP contribution in [0.4, 0.5) is 5.82 Å². The van der Waals surface area contributed by atoms with Crippen LogP contribution in [0.5, 0.6) is 11.5 Å². The van der Waals surface area contributed by atoms with Crippen molar-refractivity contribution in [2.45, 2.75) is 18.9 Å². The molecule has 1 fully saturated rings. The molecular formula is C16H22N4O4S. The first kappa shape index (κ1) is 17.7. The highest BCUT2D eigenvalue weighted by Crippen LogP contribution is 2.35. The van der Waals surface area contributed by atoms with Gasteiger partial charge in [-0.05, 0) is 18.9 Å². The van der Waals surface area contributed by atoms with E-state index in [9.17, 15) is 8.42 Å². The second kappa shape index (κ2) is 7.01. The zero-order chi connectivity index (χ0) is 18.0. The molecule has 1 atom stereocenters. The van der Waals surface area contributed by atoms with Crippen molar-refractivity contribution in [1.29, 1.82) is 0 Å². The summed E-state index contributed by atoms with van der Waals surface area (Å²) < 4.78 is 36.4. The number of benzene rings is 1. The zero-order valence-corrected chi connectivity index (χ0v) is 15.3. The number of aromatic nitrogens is 2. The Morgan fingerprint density at radius 3 is 2.60 bits per heavy atom. The van der Waals surface area contributed by atoms with Gasteiger partial charge in [0.2, 0.25) is 10.0 Å². The lowest BCUT2D eigenvalue weighted by molar-refractivity contribution is 0.355. The van der Waals surface area contributed by atoms with Crippen LogP contribution in [0.1, 0.15) is 12.8 Å². The first-order valence-electron chi connectivity index (χ1n) is 8.00. The minimum atomic E-state index is -3.24. The van der Waals surface area contributed by atoms with E-state index in [-0.39, 0.29) is 6.04 Å². The van der Waals surface area contributed by atoms with Gasteiger partial charge in [0.05, 0.1) is 26.0 Å². The van der Waals surface area contributed by atoms with Gasteiger partial charge in [-0.25, -0.2) is 23.1 Å². The summed E-state index contributed by atoms with van der Waals surface area (Å²) in [5.74, 6) is 1.98. The van der Waals surface area contributed by atoms with E-state index < -0.39 is 10.0 Å². The molecule has 1 unspecified atom stereocenters. The Morgan fingerprint density at radius 2 is 1.92 bits per heavy atom. The van der Waals surface area contributed by atoms with Crippen molar-refractivity contribution in [3.8, 4) is 11.5 Å². The quantitative estimate of drug-likeness (QED) is 0.849. The van der Waals surface area contributed by atoms with Crippen LogP contribution >= 0.6 is 0 Å². The van der Waals surface area contributed by atoms with Gasteiger partial charge in [0, 0.05) is 30.6 Å². The zero-order valence-electron chi connectivity index (χ0n) is 14.5. The van der Waals surface area contributed by atoms with E-state index in [1.165, 1.54) is 12.6 Å². The van der Waals surface area contributed by atoms with E-state index in [1.54, 1.807) is 14.2 Å². The van der Waals surface area contributed by atoms with Gasteiger partial charge in [-0.15, -0.1) is 0 Å². The van der Waals surface area contributed by atoms with Crippen LogP contribution in [-0.4, -0.2) is 58.0 Å². The Hall–Kier alpha value is -2.13. The molecule has 8 nitrogen and oxygen atoms in total. The normalized spacial score (nSPS) is 18.4. The summed E-state index contributed by atoms with van der Waals surface area (Å²) in [4.78, 5) is 10.8. The lowest BCUT2D eigenvalue weighted by Gasteiger charge is -2.34. The predicted octanol–water partition coefficient (Wildman–Crippen LogP) is 1.17. The standard InChI is InChI=1S/C16H22N4O4S/c1-23-14-7-12-13(8-15(14)24-2)17-10-18-16(12)20-6-4-5-11(9-20)19-25(3,21)22/h7-8,10-11,19H,4-6,9H2,1-3H3. The summed E-state index contributed by atoms with van der Waals surface area (Å²) in [6, 6.07) is 3.54. The highest BCUT2D eigenvalue weighted by Gasteiger charge is 2.25. The maximum atomic E-state index is 11.5. The van der Waals surface area contributed by atoms with Crippen molar-refractivity contribution in [1.82, 2.24) is 14.7 Å². The summed E-state index contributed by atoms with van der Waals surface area (Å²) in [6.45, 7) is 1.37. The first-order chi connectivity index (χ1) is 11.9. The molecule has 2 heterocycles. The summed E-state index contributed by atoms with van der Waals surface area (Å²) in [5.41, 5.74) is 0.751. The van der Waals surface area contributed by atoms with E-state index >= 15 is 0 Å². The SMILES string of the molecule is COc1cc2ncnc(N3CCCC(NS(C)(=O)=O)C3)c2cc1OC. The molecule has 9 heteroatoms. The van der Waals surface area contributed by atoms with Crippen LogP contribution in [0, 0.1) is 0 Å². The van der Waals surface area contributed by atoms with Gasteiger partial charge < -0.3 is 14.4 Å². The fourth-order valence-corrected chi connectivity index (χ4v) is 3.99. The third-order valence-electron chi connectivity index (χ3n) is 4.22. The number of hydrogen-bond acceptors (Lipinski definition) is 7. The molecule has 2 aromatic rings. The molecule has 0 saturated carbocycles. The van der Waals surface area contributed by atoms with Crippen LogP contribution in [0.25, 0.3) is 10.9 Å². The molecular weight excluding hydrogens is 344 g/mol. The van der Waals surface area contributed by atoms with E-state index in [0.717, 1.165) is 36.1 Å². The number of rotatable bonds is 5. The maximum Gasteiger partial charge on any atom is 0.209 e. The Labute approximate surface area is 147 Å². The lowest BCUT2D eigenvalue weighted by Crippen LogP contribution is -2.47. The molecule has 3 rings (SSSR count). The number of nitrogens with zero attached hydrogens (tertiary/aromatic N) is 3. The maximum absolute atomic E-state index is 11.5. The van der Waals surface area contributed by atoms with E-state index in [4.69, 9.17) is 9.47 Å². The third kappa shape index (κ3) is 3.93. The molecule has 0 amide bonds. The fourth-order valence-electron chi connectivity index (χ4n) is 3.19. The smallest absolute Gasteiger partial charge is 0.209 e. The highest BCUT2D eigenvalue weighted by atomic mass is 32.2.